The van der Waals surface area contributed by atoms with Gasteiger partial charge in [-0.2, -0.15) is 0 Å². The molecule has 5 heteroatoms. The first kappa shape index (κ1) is 18.5. The predicted molar refractivity (Wildman–Crippen MR) is 96.8 cm³/mol. The maximum absolute atomic E-state index is 12.9. The van der Waals surface area contributed by atoms with Gasteiger partial charge < -0.3 is 16.0 Å². The van der Waals surface area contributed by atoms with E-state index in [2.05, 4.69) is 5.32 Å². The summed E-state index contributed by atoms with van der Waals surface area (Å²) in [6.45, 7) is 11.8. The molecule has 1 aliphatic heterocycles. The predicted octanol–water partition coefficient (Wildman–Crippen LogP) is 2.75. The number of piperidine rings is 1. The number of carbonyl (C=O) groups is 2. The number of hydrogen-bond donors (Lipinski definition) is 2. The second kappa shape index (κ2) is 6.20. The Labute approximate surface area is 144 Å². The van der Waals surface area contributed by atoms with E-state index < -0.39 is 22.9 Å². The minimum absolute atomic E-state index is 0.0292. The van der Waals surface area contributed by atoms with Crippen LogP contribution < -0.4 is 11.1 Å². The Kier molecular flexibility index (Phi) is 4.77. The molecule has 2 amide bonds. The van der Waals surface area contributed by atoms with Crippen LogP contribution in [-0.2, 0) is 9.59 Å². The summed E-state index contributed by atoms with van der Waals surface area (Å²) >= 11 is 0. The van der Waals surface area contributed by atoms with E-state index >= 15 is 0 Å². The number of rotatable bonds is 1. The lowest BCUT2D eigenvalue weighted by atomic mass is 9.77. The number of anilines is 1. The fraction of sp³-hybridized carbons (Fsp3) is 0.579. The molecule has 24 heavy (non-hydrogen) atoms. The van der Waals surface area contributed by atoms with Gasteiger partial charge in [-0.1, -0.05) is 6.07 Å². The van der Waals surface area contributed by atoms with Crippen LogP contribution in [0.15, 0.2) is 18.2 Å². The molecule has 0 bridgehead atoms. The number of benzene rings is 1. The van der Waals surface area contributed by atoms with E-state index in [9.17, 15) is 9.59 Å². The topological polar surface area (TPSA) is 75.4 Å². The average molecular weight is 331 g/mol. The summed E-state index contributed by atoms with van der Waals surface area (Å²) in [5.41, 5.74) is 7.96. The molecule has 1 aromatic carbocycles. The number of nitrogens with two attached hydrogens (primary N) is 1. The van der Waals surface area contributed by atoms with E-state index in [0.29, 0.717) is 18.5 Å². The van der Waals surface area contributed by atoms with Crippen molar-refractivity contribution in [2.45, 2.75) is 71.5 Å². The molecule has 0 saturated carbocycles. The number of aryl methyl sites for hydroxylation is 2. The first-order chi connectivity index (χ1) is 10.9. The smallest absolute Gasteiger partial charge is 0.313 e. The van der Waals surface area contributed by atoms with E-state index in [-0.39, 0.29) is 6.04 Å². The number of nitrogens with zero attached hydrogens (tertiary/aromatic N) is 1. The number of carbonyl (C=O) groups excluding carboxylic acids is 2. The van der Waals surface area contributed by atoms with Crippen LogP contribution in [0.3, 0.4) is 0 Å². The summed E-state index contributed by atoms with van der Waals surface area (Å²) in [4.78, 5) is 27.1. The van der Waals surface area contributed by atoms with Crippen molar-refractivity contribution < 1.29 is 9.59 Å². The van der Waals surface area contributed by atoms with E-state index in [1.807, 2.05) is 59.7 Å². The van der Waals surface area contributed by atoms with Gasteiger partial charge in [-0.25, -0.2) is 0 Å². The number of amides is 2. The highest BCUT2D eigenvalue weighted by Gasteiger charge is 2.48. The van der Waals surface area contributed by atoms with E-state index in [4.69, 9.17) is 5.73 Å². The molecule has 0 spiro atoms. The molecule has 0 unspecified atom stereocenters. The molecule has 1 aromatic rings. The van der Waals surface area contributed by atoms with Gasteiger partial charge in [-0.15, -0.1) is 0 Å². The van der Waals surface area contributed by atoms with Crippen LogP contribution in [-0.4, -0.2) is 33.8 Å². The normalized spacial score (nSPS) is 19.9. The van der Waals surface area contributed by atoms with Crippen molar-refractivity contribution in [2.75, 3.05) is 5.32 Å². The van der Waals surface area contributed by atoms with Crippen LogP contribution >= 0.6 is 0 Å². The van der Waals surface area contributed by atoms with Crippen molar-refractivity contribution in [3.63, 3.8) is 0 Å². The van der Waals surface area contributed by atoms with Gasteiger partial charge in [-0.05, 0) is 77.6 Å². The fourth-order valence-electron chi connectivity index (χ4n) is 4.24. The number of hydrogen-bond acceptors (Lipinski definition) is 3. The van der Waals surface area contributed by atoms with Crippen molar-refractivity contribution >= 4 is 17.5 Å². The molecule has 1 fully saturated rings. The molecule has 1 heterocycles. The number of likely N-dealkylation sites (tertiary alicyclic amines) is 1. The van der Waals surface area contributed by atoms with Crippen LogP contribution in [0.4, 0.5) is 5.69 Å². The summed E-state index contributed by atoms with van der Waals surface area (Å²) < 4.78 is 0. The highest BCUT2D eigenvalue weighted by atomic mass is 16.2. The first-order valence-electron chi connectivity index (χ1n) is 8.42. The van der Waals surface area contributed by atoms with Crippen LogP contribution in [0.25, 0.3) is 0 Å². The first-order valence-corrected chi connectivity index (χ1v) is 8.42. The van der Waals surface area contributed by atoms with Crippen molar-refractivity contribution in [3.8, 4) is 0 Å². The third-order valence-corrected chi connectivity index (χ3v) is 4.61. The van der Waals surface area contributed by atoms with Gasteiger partial charge in [0.1, 0.15) is 0 Å². The lowest BCUT2D eigenvalue weighted by molar-refractivity contribution is -0.156. The SMILES string of the molecule is Cc1cc(C)cc(NC(=O)C(=O)N2C(C)(C)CC(N)CC2(C)C)c1. The third kappa shape index (κ3) is 3.78. The van der Waals surface area contributed by atoms with E-state index in [1.54, 1.807) is 4.90 Å². The van der Waals surface area contributed by atoms with Gasteiger partial charge in [0.25, 0.3) is 0 Å². The minimum atomic E-state index is -0.600. The molecule has 132 valence electrons. The van der Waals surface area contributed by atoms with Crippen LogP contribution in [0.2, 0.25) is 0 Å². The van der Waals surface area contributed by atoms with E-state index in [1.165, 1.54) is 0 Å². The average Bonchev–Trinajstić information content (AvgIpc) is 2.33. The van der Waals surface area contributed by atoms with Gasteiger partial charge in [0, 0.05) is 22.8 Å². The lowest BCUT2D eigenvalue weighted by Crippen LogP contribution is -2.66. The zero-order valence-corrected chi connectivity index (χ0v) is 15.6. The van der Waals surface area contributed by atoms with Gasteiger partial charge in [0.2, 0.25) is 0 Å². The maximum Gasteiger partial charge on any atom is 0.313 e. The van der Waals surface area contributed by atoms with Crippen LogP contribution in [0.1, 0.15) is 51.7 Å². The Bertz CT molecular complexity index is 626. The molecular weight excluding hydrogens is 302 g/mol. The quantitative estimate of drug-likeness (QED) is 0.777. The summed E-state index contributed by atoms with van der Waals surface area (Å²) in [5.74, 6) is -1.10. The second-order valence-corrected chi connectivity index (χ2v) is 8.26. The van der Waals surface area contributed by atoms with Gasteiger partial charge in [0.15, 0.2) is 0 Å². The molecule has 3 N–H and O–H groups in total. The molecule has 1 saturated heterocycles. The molecule has 5 nitrogen and oxygen atoms in total. The zero-order valence-electron chi connectivity index (χ0n) is 15.6. The Hall–Kier alpha value is -1.88. The molecule has 0 aliphatic carbocycles. The standard InChI is InChI=1S/C19H29N3O2/c1-12-7-13(2)9-15(8-12)21-16(23)17(24)22-18(3,4)10-14(20)11-19(22,5)6/h7-9,14H,10-11,20H2,1-6H3,(H,21,23). The molecule has 0 aromatic heterocycles. The molecule has 0 radical (unpaired) electrons. The monoisotopic (exact) mass is 331 g/mol. The summed E-state index contributed by atoms with van der Waals surface area (Å²) in [5, 5.41) is 2.75. The van der Waals surface area contributed by atoms with Crippen molar-refractivity contribution in [2.24, 2.45) is 5.73 Å². The largest absolute Gasteiger partial charge is 0.328 e. The lowest BCUT2D eigenvalue weighted by Gasteiger charge is -2.54. The Morgan fingerprint density at radius 2 is 1.50 bits per heavy atom. The van der Waals surface area contributed by atoms with Crippen molar-refractivity contribution in [1.82, 2.24) is 4.90 Å². The Morgan fingerprint density at radius 3 is 1.96 bits per heavy atom. The third-order valence-electron chi connectivity index (χ3n) is 4.61. The fourth-order valence-corrected chi connectivity index (χ4v) is 4.24. The van der Waals surface area contributed by atoms with Crippen molar-refractivity contribution in [1.29, 1.82) is 0 Å². The van der Waals surface area contributed by atoms with Crippen LogP contribution in [0, 0.1) is 13.8 Å². The Morgan fingerprint density at radius 1 is 1.04 bits per heavy atom. The summed E-state index contributed by atoms with van der Waals surface area (Å²) in [6, 6.07) is 5.78. The summed E-state index contributed by atoms with van der Waals surface area (Å²) in [6.07, 6.45) is 1.36. The second-order valence-electron chi connectivity index (χ2n) is 8.26. The van der Waals surface area contributed by atoms with E-state index in [0.717, 1.165) is 11.1 Å². The Balaban J connectivity index is 2.24. The highest BCUT2D eigenvalue weighted by molar-refractivity contribution is 6.39. The maximum atomic E-state index is 12.9. The molecule has 0 atom stereocenters. The summed E-state index contributed by atoms with van der Waals surface area (Å²) in [7, 11) is 0. The van der Waals surface area contributed by atoms with Crippen LogP contribution in [0.5, 0.6) is 0 Å². The van der Waals surface area contributed by atoms with Gasteiger partial charge in [0.05, 0.1) is 0 Å². The zero-order chi connectivity index (χ0) is 18.3. The van der Waals surface area contributed by atoms with Gasteiger partial charge >= 0.3 is 11.8 Å². The molecular formula is C19H29N3O2. The highest BCUT2D eigenvalue weighted by Crippen LogP contribution is 2.37. The molecule has 1 aliphatic rings. The number of nitrogens with one attached hydrogen (secondary N) is 1. The minimum Gasteiger partial charge on any atom is -0.328 e. The molecule has 2 rings (SSSR count). The van der Waals surface area contributed by atoms with Crippen molar-refractivity contribution in [3.05, 3.63) is 29.3 Å². The van der Waals surface area contributed by atoms with Gasteiger partial charge in [-0.3, -0.25) is 9.59 Å².